The molecule has 0 spiro atoms. The highest BCUT2D eigenvalue weighted by Crippen LogP contribution is 2.30. The highest BCUT2D eigenvalue weighted by Gasteiger charge is 2.38. The van der Waals surface area contributed by atoms with Gasteiger partial charge in [0.1, 0.15) is 0 Å². The number of likely N-dealkylation sites (tertiary alicyclic amines) is 1. The zero-order chi connectivity index (χ0) is 18.5. The van der Waals surface area contributed by atoms with Gasteiger partial charge in [0.25, 0.3) is 0 Å². The van der Waals surface area contributed by atoms with Gasteiger partial charge in [0.05, 0.1) is 5.92 Å². The Morgan fingerprint density at radius 1 is 1.22 bits per heavy atom. The minimum Gasteiger partial charge on any atom is -0.342 e. The maximum Gasteiger partial charge on any atom is 0.228 e. The van der Waals surface area contributed by atoms with Crippen LogP contribution in [0.3, 0.4) is 0 Å². The Labute approximate surface area is 168 Å². The molecular formula is C21H32ClN3O2. The van der Waals surface area contributed by atoms with Crippen molar-refractivity contribution in [2.45, 2.75) is 39.0 Å². The van der Waals surface area contributed by atoms with Gasteiger partial charge in [-0.25, -0.2) is 0 Å². The van der Waals surface area contributed by atoms with Gasteiger partial charge in [0.15, 0.2) is 0 Å². The van der Waals surface area contributed by atoms with Gasteiger partial charge < -0.3 is 15.1 Å². The molecule has 0 bridgehead atoms. The van der Waals surface area contributed by atoms with Crippen molar-refractivity contribution in [2.75, 3.05) is 38.1 Å². The van der Waals surface area contributed by atoms with E-state index in [2.05, 4.69) is 18.3 Å². The molecule has 3 rings (SSSR count). The highest BCUT2D eigenvalue weighted by atomic mass is 35.5. The second-order valence-electron chi connectivity index (χ2n) is 7.55. The predicted molar refractivity (Wildman–Crippen MR) is 111 cm³/mol. The number of rotatable bonds is 6. The fourth-order valence-electron chi connectivity index (χ4n) is 4.23. The molecule has 2 aliphatic heterocycles. The van der Waals surface area contributed by atoms with Crippen LogP contribution < -0.4 is 10.2 Å². The Balaban J connectivity index is 0.00000261. The Hall–Kier alpha value is -1.59. The third-order valence-electron chi connectivity index (χ3n) is 5.87. The van der Waals surface area contributed by atoms with Crippen molar-refractivity contribution in [1.29, 1.82) is 0 Å². The first-order valence-corrected chi connectivity index (χ1v) is 9.95. The molecule has 6 heteroatoms. The van der Waals surface area contributed by atoms with E-state index in [4.69, 9.17) is 0 Å². The molecule has 1 atom stereocenters. The summed E-state index contributed by atoms with van der Waals surface area (Å²) in [5.74, 6) is 0.765. The lowest BCUT2D eigenvalue weighted by atomic mass is 9.92. The summed E-state index contributed by atoms with van der Waals surface area (Å²) < 4.78 is 0. The Morgan fingerprint density at radius 3 is 2.59 bits per heavy atom. The van der Waals surface area contributed by atoms with Gasteiger partial charge in [-0.2, -0.15) is 0 Å². The lowest BCUT2D eigenvalue weighted by Gasteiger charge is -2.33. The molecule has 2 fully saturated rings. The lowest BCUT2D eigenvalue weighted by molar-refractivity contribution is -0.137. The number of para-hydroxylation sites is 1. The van der Waals surface area contributed by atoms with Crippen LogP contribution in [-0.4, -0.2) is 49.9 Å². The summed E-state index contributed by atoms with van der Waals surface area (Å²) in [4.78, 5) is 29.3. The quantitative estimate of drug-likeness (QED) is 0.808. The molecule has 1 aromatic rings. The van der Waals surface area contributed by atoms with E-state index in [1.807, 2.05) is 35.0 Å². The SMILES string of the molecule is CCc1ccccc1N1CC(C(=O)N2CCC(CCNC)CC2)CC1=O.Cl. The molecule has 2 heterocycles. The van der Waals surface area contributed by atoms with Crippen molar-refractivity contribution in [1.82, 2.24) is 10.2 Å². The topological polar surface area (TPSA) is 52.7 Å². The van der Waals surface area contributed by atoms with E-state index in [0.29, 0.717) is 18.9 Å². The number of hydrogen-bond acceptors (Lipinski definition) is 3. The smallest absolute Gasteiger partial charge is 0.228 e. The Kier molecular flexibility index (Phi) is 8.11. The molecule has 0 radical (unpaired) electrons. The molecule has 150 valence electrons. The molecule has 0 aromatic heterocycles. The molecule has 0 aliphatic carbocycles. The number of anilines is 1. The van der Waals surface area contributed by atoms with Crippen LogP contribution in [0, 0.1) is 11.8 Å². The lowest BCUT2D eigenvalue weighted by Crippen LogP contribution is -2.42. The van der Waals surface area contributed by atoms with E-state index >= 15 is 0 Å². The molecule has 1 unspecified atom stereocenters. The van der Waals surface area contributed by atoms with Crippen LogP contribution in [0.5, 0.6) is 0 Å². The third kappa shape index (κ3) is 5.02. The maximum atomic E-state index is 12.9. The van der Waals surface area contributed by atoms with E-state index < -0.39 is 0 Å². The largest absolute Gasteiger partial charge is 0.342 e. The summed E-state index contributed by atoms with van der Waals surface area (Å²) in [6.45, 7) is 5.34. The van der Waals surface area contributed by atoms with Gasteiger partial charge in [-0.15, -0.1) is 12.4 Å². The molecule has 5 nitrogen and oxygen atoms in total. The van der Waals surface area contributed by atoms with Crippen LogP contribution in [-0.2, 0) is 16.0 Å². The van der Waals surface area contributed by atoms with Crippen LogP contribution in [0.25, 0.3) is 0 Å². The van der Waals surface area contributed by atoms with Crippen molar-refractivity contribution in [3.05, 3.63) is 29.8 Å². The van der Waals surface area contributed by atoms with Crippen molar-refractivity contribution < 1.29 is 9.59 Å². The molecule has 27 heavy (non-hydrogen) atoms. The summed E-state index contributed by atoms with van der Waals surface area (Å²) in [6, 6.07) is 8.03. The molecule has 1 aromatic carbocycles. The van der Waals surface area contributed by atoms with Gasteiger partial charge in [-0.3, -0.25) is 9.59 Å². The molecule has 0 saturated carbocycles. The first-order chi connectivity index (χ1) is 12.6. The number of amides is 2. The van der Waals surface area contributed by atoms with Crippen molar-refractivity contribution in [3.8, 4) is 0 Å². The summed E-state index contributed by atoms with van der Waals surface area (Å²) in [7, 11) is 1.98. The summed E-state index contributed by atoms with van der Waals surface area (Å²) >= 11 is 0. The first-order valence-electron chi connectivity index (χ1n) is 9.95. The number of nitrogens with one attached hydrogen (secondary N) is 1. The van der Waals surface area contributed by atoms with E-state index in [1.54, 1.807) is 0 Å². The molecular weight excluding hydrogens is 362 g/mol. The van der Waals surface area contributed by atoms with Gasteiger partial charge in [0.2, 0.25) is 11.8 Å². The van der Waals surface area contributed by atoms with Gasteiger partial charge in [-0.05, 0) is 56.8 Å². The number of halogens is 1. The fraction of sp³-hybridized carbons (Fsp3) is 0.619. The standard InChI is InChI=1S/C21H31N3O2.ClH/c1-3-17-6-4-5-7-19(17)24-15-18(14-20(24)25)21(26)23-12-9-16(10-13-23)8-11-22-2;/h4-7,16,18,22H,3,8-15H2,1-2H3;1H. The highest BCUT2D eigenvalue weighted by molar-refractivity contribution is 6.00. The number of carbonyl (C=O) groups is 2. The first kappa shape index (κ1) is 21.7. The fourth-order valence-corrected chi connectivity index (χ4v) is 4.23. The number of piperidine rings is 1. The average Bonchev–Trinajstić information content (AvgIpc) is 3.07. The Morgan fingerprint density at radius 2 is 1.93 bits per heavy atom. The number of benzene rings is 1. The third-order valence-corrected chi connectivity index (χ3v) is 5.87. The van der Waals surface area contributed by atoms with E-state index in [0.717, 1.165) is 44.6 Å². The van der Waals surface area contributed by atoms with Crippen LogP contribution in [0.2, 0.25) is 0 Å². The minimum atomic E-state index is -0.193. The molecule has 2 saturated heterocycles. The number of aryl methyl sites for hydroxylation is 1. The average molecular weight is 394 g/mol. The van der Waals surface area contributed by atoms with Crippen LogP contribution >= 0.6 is 12.4 Å². The van der Waals surface area contributed by atoms with Crippen molar-refractivity contribution in [3.63, 3.8) is 0 Å². The predicted octanol–water partition coefficient (Wildman–Crippen LogP) is 2.87. The van der Waals surface area contributed by atoms with Crippen molar-refractivity contribution >= 4 is 29.9 Å². The molecule has 2 amide bonds. The van der Waals surface area contributed by atoms with Crippen LogP contribution in [0.4, 0.5) is 5.69 Å². The molecule has 2 aliphatic rings. The number of hydrogen-bond donors (Lipinski definition) is 1. The van der Waals surface area contributed by atoms with E-state index in [9.17, 15) is 9.59 Å². The second-order valence-corrected chi connectivity index (χ2v) is 7.55. The van der Waals surface area contributed by atoms with Gasteiger partial charge >= 0.3 is 0 Å². The van der Waals surface area contributed by atoms with Gasteiger partial charge in [0, 0.05) is 31.7 Å². The maximum absolute atomic E-state index is 12.9. The van der Waals surface area contributed by atoms with Crippen molar-refractivity contribution in [2.24, 2.45) is 11.8 Å². The van der Waals surface area contributed by atoms with E-state index in [-0.39, 0.29) is 30.1 Å². The minimum absolute atomic E-state index is 0. The second kappa shape index (κ2) is 10.1. The number of nitrogens with zero attached hydrogens (tertiary/aromatic N) is 2. The van der Waals surface area contributed by atoms with Crippen LogP contribution in [0.15, 0.2) is 24.3 Å². The summed E-state index contributed by atoms with van der Waals surface area (Å²) in [5.41, 5.74) is 2.14. The van der Waals surface area contributed by atoms with Crippen LogP contribution in [0.1, 0.15) is 38.2 Å². The Bertz CT molecular complexity index is 644. The zero-order valence-electron chi connectivity index (χ0n) is 16.4. The number of carbonyl (C=O) groups excluding carboxylic acids is 2. The summed E-state index contributed by atoms with van der Waals surface area (Å²) in [5, 5.41) is 3.20. The van der Waals surface area contributed by atoms with Gasteiger partial charge in [-0.1, -0.05) is 25.1 Å². The monoisotopic (exact) mass is 393 g/mol. The molecule has 1 N–H and O–H groups in total. The summed E-state index contributed by atoms with van der Waals surface area (Å²) in [6.07, 6.45) is 4.57. The van der Waals surface area contributed by atoms with E-state index in [1.165, 1.54) is 12.0 Å². The zero-order valence-corrected chi connectivity index (χ0v) is 17.3. The normalized spacial score (nSPS) is 20.7.